The van der Waals surface area contributed by atoms with E-state index >= 15 is 0 Å². The van der Waals surface area contributed by atoms with Crippen LogP contribution in [-0.4, -0.2) is 52.7 Å². The van der Waals surface area contributed by atoms with E-state index in [1.807, 2.05) is 52.3 Å². The lowest BCUT2D eigenvalue weighted by Crippen LogP contribution is -2.42. The zero-order valence-electron chi connectivity index (χ0n) is 13.4. The van der Waals surface area contributed by atoms with Gasteiger partial charge in [-0.15, -0.1) is 0 Å². The summed E-state index contributed by atoms with van der Waals surface area (Å²) < 4.78 is 5.43. The zero-order valence-corrected chi connectivity index (χ0v) is 13.4. The summed E-state index contributed by atoms with van der Waals surface area (Å²) in [7, 11) is 1.83. The topological polar surface area (TPSA) is 45.7 Å². The average molecular weight is 291 g/mol. The molecule has 5 heteroatoms. The molecule has 0 bridgehead atoms. The lowest BCUT2D eigenvalue weighted by Gasteiger charge is -2.28. The number of aromatic nitrogens is 1. The van der Waals surface area contributed by atoms with Crippen LogP contribution in [0.4, 0.5) is 4.79 Å². The monoisotopic (exact) mass is 291 g/mol. The molecule has 1 atom stereocenters. The van der Waals surface area contributed by atoms with Gasteiger partial charge in [0, 0.05) is 45.1 Å². The van der Waals surface area contributed by atoms with Crippen molar-refractivity contribution in [3.05, 3.63) is 30.1 Å². The Kier molecular flexibility index (Phi) is 4.83. The van der Waals surface area contributed by atoms with Gasteiger partial charge in [-0.2, -0.15) is 0 Å². The second-order valence-electron chi connectivity index (χ2n) is 6.62. The number of rotatable bonds is 3. The highest BCUT2D eigenvalue weighted by Crippen LogP contribution is 2.19. The first-order chi connectivity index (χ1) is 9.85. The SMILES string of the molecule is CN(C(=O)OC(C)(C)C)[C@H]1CCN(Cc2ccncc2)C1. The summed E-state index contributed by atoms with van der Waals surface area (Å²) in [5, 5.41) is 0. The van der Waals surface area contributed by atoms with Gasteiger partial charge in [0.1, 0.15) is 5.60 Å². The Labute approximate surface area is 126 Å². The van der Waals surface area contributed by atoms with Gasteiger partial charge in [-0.1, -0.05) is 0 Å². The first-order valence-corrected chi connectivity index (χ1v) is 7.42. The molecule has 5 nitrogen and oxygen atoms in total. The fourth-order valence-corrected chi connectivity index (χ4v) is 2.50. The third kappa shape index (κ3) is 4.70. The van der Waals surface area contributed by atoms with E-state index in [0.717, 1.165) is 26.1 Å². The minimum absolute atomic E-state index is 0.224. The first-order valence-electron chi connectivity index (χ1n) is 7.42. The Morgan fingerprint density at radius 2 is 2.10 bits per heavy atom. The summed E-state index contributed by atoms with van der Waals surface area (Å²) in [6, 6.07) is 4.29. The third-order valence-electron chi connectivity index (χ3n) is 3.63. The Morgan fingerprint density at radius 3 is 2.71 bits per heavy atom. The largest absolute Gasteiger partial charge is 0.444 e. The fraction of sp³-hybridized carbons (Fsp3) is 0.625. The van der Waals surface area contributed by atoms with E-state index in [2.05, 4.69) is 9.88 Å². The molecule has 2 heterocycles. The van der Waals surface area contributed by atoms with E-state index in [9.17, 15) is 4.79 Å². The van der Waals surface area contributed by atoms with E-state index in [4.69, 9.17) is 4.74 Å². The van der Waals surface area contributed by atoms with E-state index in [1.165, 1.54) is 5.56 Å². The maximum atomic E-state index is 12.1. The molecule has 0 N–H and O–H groups in total. The molecular formula is C16H25N3O2. The summed E-state index contributed by atoms with van der Waals surface area (Å²) in [6.07, 6.45) is 4.38. The van der Waals surface area contributed by atoms with Crippen molar-refractivity contribution >= 4 is 6.09 Å². The molecule has 1 aliphatic heterocycles. The number of pyridine rings is 1. The number of likely N-dealkylation sites (N-methyl/N-ethyl adjacent to an activating group) is 1. The summed E-state index contributed by atoms with van der Waals surface area (Å²) >= 11 is 0. The average Bonchev–Trinajstić information content (AvgIpc) is 2.85. The van der Waals surface area contributed by atoms with Crippen molar-refractivity contribution in [2.24, 2.45) is 0 Å². The molecule has 1 aliphatic rings. The molecule has 0 unspecified atom stereocenters. The van der Waals surface area contributed by atoms with Gasteiger partial charge in [-0.05, 0) is 44.9 Å². The Bertz CT molecular complexity index is 470. The van der Waals surface area contributed by atoms with Crippen LogP contribution in [0.15, 0.2) is 24.5 Å². The van der Waals surface area contributed by atoms with Crippen molar-refractivity contribution in [1.82, 2.24) is 14.8 Å². The number of amides is 1. The standard InChI is InChI=1S/C16H25N3O2/c1-16(2,3)21-15(20)18(4)14-7-10-19(12-14)11-13-5-8-17-9-6-13/h5-6,8-9,14H,7,10-12H2,1-4H3/t14-/m0/s1. The summed E-state index contributed by atoms with van der Waals surface area (Å²) in [4.78, 5) is 20.2. The van der Waals surface area contributed by atoms with E-state index in [0.29, 0.717) is 0 Å². The number of carbonyl (C=O) groups excluding carboxylic acids is 1. The third-order valence-corrected chi connectivity index (χ3v) is 3.63. The van der Waals surface area contributed by atoms with Crippen LogP contribution < -0.4 is 0 Å². The number of nitrogens with zero attached hydrogens (tertiary/aromatic N) is 3. The predicted molar refractivity (Wildman–Crippen MR) is 81.9 cm³/mol. The van der Waals surface area contributed by atoms with Crippen molar-refractivity contribution in [2.45, 2.75) is 45.4 Å². The molecule has 116 valence electrons. The number of hydrogen-bond donors (Lipinski definition) is 0. The smallest absolute Gasteiger partial charge is 0.410 e. The van der Waals surface area contributed by atoms with Gasteiger partial charge in [0.25, 0.3) is 0 Å². The van der Waals surface area contributed by atoms with Gasteiger partial charge in [-0.3, -0.25) is 9.88 Å². The van der Waals surface area contributed by atoms with E-state index in [-0.39, 0.29) is 12.1 Å². The molecule has 0 saturated carbocycles. The lowest BCUT2D eigenvalue weighted by molar-refractivity contribution is 0.0228. The number of likely N-dealkylation sites (tertiary alicyclic amines) is 1. The zero-order chi connectivity index (χ0) is 15.5. The van der Waals surface area contributed by atoms with Crippen molar-refractivity contribution < 1.29 is 9.53 Å². The van der Waals surface area contributed by atoms with Gasteiger partial charge in [0.05, 0.1) is 0 Å². The van der Waals surface area contributed by atoms with Crippen LogP contribution in [-0.2, 0) is 11.3 Å². The van der Waals surface area contributed by atoms with Crippen molar-refractivity contribution in [1.29, 1.82) is 0 Å². The lowest BCUT2D eigenvalue weighted by atomic mass is 10.2. The molecule has 1 saturated heterocycles. The van der Waals surface area contributed by atoms with Gasteiger partial charge in [0.2, 0.25) is 0 Å². The number of ether oxygens (including phenoxy) is 1. The van der Waals surface area contributed by atoms with Crippen molar-refractivity contribution in [2.75, 3.05) is 20.1 Å². The van der Waals surface area contributed by atoms with Crippen molar-refractivity contribution in [3.63, 3.8) is 0 Å². The van der Waals surface area contributed by atoms with Crippen LogP contribution in [0.3, 0.4) is 0 Å². The Hall–Kier alpha value is -1.62. The summed E-state index contributed by atoms with van der Waals surface area (Å²) in [6.45, 7) is 8.47. The second kappa shape index (κ2) is 6.43. The van der Waals surface area contributed by atoms with Gasteiger partial charge in [-0.25, -0.2) is 4.79 Å². The van der Waals surface area contributed by atoms with Gasteiger partial charge < -0.3 is 9.64 Å². The van der Waals surface area contributed by atoms with Crippen LogP contribution >= 0.6 is 0 Å². The molecule has 2 rings (SSSR count). The van der Waals surface area contributed by atoms with Gasteiger partial charge >= 0.3 is 6.09 Å². The second-order valence-corrected chi connectivity index (χ2v) is 6.62. The van der Waals surface area contributed by atoms with Crippen LogP contribution in [0.1, 0.15) is 32.8 Å². The van der Waals surface area contributed by atoms with Gasteiger partial charge in [0.15, 0.2) is 0 Å². The Morgan fingerprint density at radius 1 is 1.43 bits per heavy atom. The molecule has 1 aromatic rings. The molecular weight excluding hydrogens is 266 g/mol. The summed E-state index contributed by atoms with van der Waals surface area (Å²) in [5.41, 5.74) is 0.811. The fourth-order valence-electron chi connectivity index (χ4n) is 2.50. The molecule has 0 aromatic carbocycles. The van der Waals surface area contributed by atoms with E-state index < -0.39 is 5.60 Å². The molecule has 1 aromatic heterocycles. The van der Waals surface area contributed by atoms with E-state index in [1.54, 1.807) is 4.90 Å². The first kappa shape index (κ1) is 15.8. The molecule has 0 radical (unpaired) electrons. The maximum absolute atomic E-state index is 12.1. The van der Waals surface area contributed by atoms with Crippen LogP contribution in [0.5, 0.6) is 0 Å². The molecule has 0 spiro atoms. The molecule has 1 fully saturated rings. The predicted octanol–water partition coefficient (Wildman–Crippen LogP) is 2.52. The van der Waals surface area contributed by atoms with Crippen LogP contribution in [0.2, 0.25) is 0 Å². The minimum atomic E-state index is -0.444. The summed E-state index contributed by atoms with van der Waals surface area (Å²) in [5.74, 6) is 0. The highest BCUT2D eigenvalue weighted by atomic mass is 16.6. The number of hydrogen-bond acceptors (Lipinski definition) is 4. The molecule has 21 heavy (non-hydrogen) atoms. The Balaban J connectivity index is 1.85. The highest BCUT2D eigenvalue weighted by Gasteiger charge is 2.30. The minimum Gasteiger partial charge on any atom is -0.444 e. The normalized spacial score (nSPS) is 19.5. The quantitative estimate of drug-likeness (QED) is 0.858. The van der Waals surface area contributed by atoms with Crippen LogP contribution in [0.25, 0.3) is 0 Å². The molecule has 1 amide bonds. The highest BCUT2D eigenvalue weighted by molar-refractivity contribution is 5.68. The molecule has 0 aliphatic carbocycles. The van der Waals surface area contributed by atoms with Crippen molar-refractivity contribution in [3.8, 4) is 0 Å². The number of carbonyl (C=O) groups is 1. The maximum Gasteiger partial charge on any atom is 0.410 e. The van der Waals surface area contributed by atoms with Crippen LogP contribution in [0, 0.1) is 0 Å².